The molecule has 0 radical (unpaired) electrons. The van der Waals surface area contributed by atoms with Crippen molar-refractivity contribution in [3.8, 4) is 0 Å². The number of fused-ring (bicyclic) bond motifs is 1. The number of nitrogen functional groups attached to an aromatic ring is 2. The van der Waals surface area contributed by atoms with Gasteiger partial charge in [-0.3, -0.25) is 0 Å². The van der Waals surface area contributed by atoms with Gasteiger partial charge in [-0.05, 0) is 23.6 Å². The lowest BCUT2D eigenvalue weighted by atomic mass is 9.83. The molecule has 2 unspecified atom stereocenters. The van der Waals surface area contributed by atoms with Crippen LogP contribution in [0.25, 0.3) is 0 Å². The van der Waals surface area contributed by atoms with E-state index in [9.17, 15) is 0 Å². The Hall–Kier alpha value is -2.04. The van der Waals surface area contributed by atoms with Crippen LogP contribution in [0.15, 0.2) is 24.3 Å². The zero-order valence-corrected chi connectivity index (χ0v) is 10.4. The molecule has 94 valence electrons. The lowest BCUT2D eigenvalue weighted by molar-refractivity contribution is 0.330. The highest BCUT2D eigenvalue weighted by Crippen LogP contribution is 2.33. The summed E-state index contributed by atoms with van der Waals surface area (Å²) in [6.45, 7) is 3.06. The molecule has 0 amide bonds. The number of benzene rings is 1. The van der Waals surface area contributed by atoms with E-state index in [2.05, 4.69) is 23.1 Å². The number of nitrogens with two attached hydrogens (primary N) is 2. The Morgan fingerprint density at radius 1 is 1.33 bits per heavy atom. The Bertz CT molecular complexity index is 575. The molecule has 0 saturated carbocycles. The molecule has 1 aromatic heterocycles. The minimum absolute atomic E-state index is 0.366. The fourth-order valence-electron chi connectivity index (χ4n) is 2.71. The summed E-state index contributed by atoms with van der Waals surface area (Å²) >= 11 is 0. The van der Waals surface area contributed by atoms with Gasteiger partial charge in [-0.1, -0.05) is 19.1 Å². The van der Waals surface area contributed by atoms with E-state index in [0.29, 0.717) is 17.8 Å². The zero-order chi connectivity index (χ0) is 12.7. The van der Waals surface area contributed by atoms with Crippen molar-refractivity contribution in [2.75, 3.05) is 11.5 Å². The van der Waals surface area contributed by atoms with Crippen molar-refractivity contribution in [2.24, 2.45) is 5.92 Å². The van der Waals surface area contributed by atoms with E-state index in [1.165, 1.54) is 5.56 Å². The monoisotopic (exact) mass is 243 g/mol. The van der Waals surface area contributed by atoms with Gasteiger partial charge in [-0.2, -0.15) is 4.98 Å². The topological polar surface area (TPSA) is 82.8 Å². The number of nitrogens with zero attached hydrogens (tertiary/aromatic N) is 3. The Kier molecular flexibility index (Phi) is 2.47. The highest BCUT2D eigenvalue weighted by Gasteiger charge is 2.28. The molecule has 2 aromatic rings. The number of hydrogen-bond acceptors (Lipinski definition) is 4. The predicted octanol–water partition coefficient (Wildman–Crippen LogP) is 1.42. The van der Waals surface area contributed by atoms with Crippen molar-refractivity contribution in [3.05, 3.63) is 35.7 Å². The van der Waals surface area contributed by atoms with Gasteiger partial charge >= 0.3 is 0 Å². The molecule has 5 nitrogen and oxygen atoms in total. The molecule has 4 N–H and O–H groups in total. The van der Waals surface area contributed by atoms with Gasteiger partial charge in [-0.25, -0.2) is 4.68 Å². The van der Waals surface area contributed by atoms with Crippen LogP contribution in [0.5, 0.6) is 0 Å². The molecular formula is C13H17N5. The molecule has 1 aromatic carbocycles. The Balaban J connectivity index is 1.95. The minimum Gasteiger partial charge on any atom is -0.399 e. The first kappa shape index (κ1) is 11.1. The summed E-state index contributed by atoms with van der Waals surface area (Å²) in [7, 11) is 0. The summed E-state index contributed by atoms with van der Waals surface area (Å²) in [5.41, 5.74) is 13.6. The summed E-state index contributed by atoms with van der Waals surface area (Å²) in [4.78, 5) is 4.25. The van der Waals surface area contributed by atoms with Crippen LogP contribution in [0.2, 0.25) is 0 Å². The van der Waals surface area contributed by atoms with Crippen LogP contribution in [-0.2, 0) is 13.0 Å². The van der Waals surface area contributed by atoms with Crippen molar-refractivity contribution in [2.45, 2.75) is 25.8 Å². The second kappa shape index (κ2) is 4.01. The molecule has 0 saturated heterocycles. The van der Waals surface area contributed by atoms with Crippen LogP contribution in [0.4, 0.5) is 11.6 Å². The van der Waals surface area contributed by atoms with Crippen LogP contribution in [0.1, 0.15) is 24.2 Å². The van der Waals surface area contributed by atoms with Gasteiger partial charge in [0.1, 0.15) is 5.82 Å². The fraction of sp³-hybridized carbons (Fsp3) is 0.385. The molecule has 0 spiro atoms. The number of hydrogen-bond donors (Lipinski definition) is 2. The zero-order valence-electron chi connectivity index (χ0n) is 10.4. The van der Waals surface area contributed by atoms with E-state index in [1.54, 1.807) is 0 Å². The van der Waals surface area contributed by atoms with E-state index in [4.69, 9.17) is 11.5 Å². The van der Waals surface area contributed by atoms with Gasteiger partial charge in [0.2, 0.25) is 5.95 Å². The molecule has 0 aliphatic carbocycles. The van der Waals surface area contributed by atoms with Crippen LogP contribution >= 0.6 is 0 Å². The van der Waals surface area contributed by atoms with Crippen LogP contribution in [-0.4, -0.2) is 14.8 Å². The molecule has 18 heavy (non-hydrogen) atoms. The molecule has 2 heterocycles. The first-order chi connectivity index (χ1) is 8.63. The summed E-state index contributed by atoms with van der Waals surface area (Å²) in [5, 5.41) is 4.24. The third-order valence-corrected chi connectivity index (χ3v) is 3.66. The van der Waals surface area contributed by atoms with E-state index < -0.39 is 0 Å². The highest BCUT2D eigenvalue weighted by molar-refractivity contribution is 5.42. The molecular weight excluding hydrogens is 226 g/mol. The third kappa shape index (κ3) is 1.81. The minimum atomic E-state index is 0.366. The maximum atomic E-state index is 5.85. The third-order valence-electron chi connectivity index (χ3n) is 3.66. The first-order valence-corrected chi connectivity index (χ1v) is 6.18. The van der Waals surface area contributed by atoms with Gasteiger partial charge < -0.3 is 11.5 Å². The Labute approximate surface area is 106 Å². The second-order valence-electron chi connectivity index (χ2n) is 5.03. The average Bonchev–Trinajstić information content (AvgIpc) is 2.67. The number of aromatic nitrogens is 3. The molecule has 1 aliphatic rings. The van der Waals surface area contributed by atoms with E-state index in [1.807, 2.05) is 22.9 Å². The molecule has 0 fully saturated rings. The van der Waals surface area contributed by atoms with Crippen molar-refractivity contribution < 1.29 is 0 Å². The molecule has 5 heteroatoms. The lowest BCUT2D eigenvalue weighted by Gasteiger charge is -2.29. The molecule has 0 bridgehead atoms. The highest BCUT2D eigenvalue weighted by atomic mass is 15.4. The Morgan fingerprint density at radius 3 is 2.94 bits per heavy atom. The first-order valence-electron chi connectivity index (χ1n) is 6.18. The number of anilines is 2. The second-order valence-corrected chi connectivity index (χ2v) is 5.03. The van der Waals surface area contributed by atoms with E-state index in [0.717, 1.165) is 24.5 Å². The summed E-state index contributed by atoms with van der Waals surface area (Å²) < 4.78 is 1.92. The SMILES string of the molecule is CC1Cc2nc(N)nn2CC1c1cccc(N)c1. The smallest absolute Gasteiger partial charge is 0.239 e. The van der Waals surface area contributed by atoms with Crippen molar-refractivity contribution in [3.63, 3.8) is 0 Å². The van der Waals surface area contributed by atoms with Gasteiger partial charge in [0.25, 0.3) is 0 Å². The molecule has 1 aliphatic heterocycles. The normalized spacial score (nSPS) is 22.7. The molecule has 2 atom stereocenters. The average molecular weight is 243 g/mol. The summed E-state index contributed by atoms with van der Waals surface area (Å²) in [6, 6.07) is 8.09. The van der Waals surface area contributed by atoms with Crippen LogP contribution in [0.3, 0.4) is 0 Å². The van der Waals surface area contributed by atoms with Crippen LogP contribution < -0.4 is 11.5 Å². The lowest BCUT2D eigenvalue weighted by Crippen LogP contribution is -2.27. The number of rotatable bonds is 1. The summed E-state index contributed by atoms with van der Waals surface area (Å²) in [5.74, 6) is 2.29. The predicted molar refractivity (Wildman–Crippen MR) is 70.9 cm³/mol. The van der Waals surface area contributed by atoms with Gasteiger partial charge in [0, 0.05) is 18.0 Å². The fourth-order valence-corrected chi connectivity index (χ4v) is 2.71. The van der Waals surface area contributed by atoms with Crippen LogP contribution in [0, 0.1) is 5.92 Å². The van der Waals surface area contributed by atoms with Gasteiger partial charge in [-0.15, -0.1) is 5.10 Å². The maximum absolute atomic E-state index is 5.85. The van der Waals surface area contributed by atoms with Gasteiger partial charge in [0.05, 0.1) is 6.54 Å². The maximum Gasteiger partial charge on any atom is 0.239 e. The standard InChI is InChI=1S/C13H17N5/c1-8-5-12-16-13(15)17-18(12)7-11(8)9-3-2-4-10(14)6-9/h2-4,6,8,11H,5,7,14H2,1H3,(H2,15,17). The van der Waals surface area contributed by atoms with E-state index >= 15 is 0 Å². The van der Waals surface area contributed by atoms with Crippen molar-refractivity contribution in [1.29, 1.82) is 0 Å². The molecule has 3 rings (SSSR count). The summed E-state index contributed by atoms with van der Waals surface area (Å²) in [6.07, 6.45) is 0.906. The van der Waals surface area contributed by atoms with Crippen molar-refractivity contribution in [1.82, 2.24) is 14.8 Å². The van der Waals surface area contributed by atoms with Gasteiger partial charge in [0.15, 0.2) is 0 Å². The quantitative estimate of drug-likeness (QED) is 0.742. The largest absolute Gasteiger partial charge is 0.399 e. The Morgan fingerprint density at radius 2 is 2.17 bits per heavy atom. The van der Waals surface area contributed by atoms with Crippen molar-refractivity contribution >= 4 is 11.6 Å². The van der Waals surface area contributed by atoms with E-state index in [-0.39, 0.29) is 0 Å².